The maximum absolute atomic E-state index is 2.41. The molecule has 0 N–H and O–H groups in total. The van der Waals surface area contributed by atoms with Crippen LogP contribution in [0.25, 0.3) is 0 Å². The molecule has 102 valence electrons. The molecule has 0 nitrogen and oxygen atoms in total. The highest BCUT2D eigenvalue weighted by molar-refractivity contribution is 5.22. The monoisotopic (exact) mass is 246 g/mol. The van der Waals surface area contributed by atoms with E-state index in [0.29, 0.717) is 22.7 Å². The van der Waals surface area contributed by atoms with Crippen LogP contribution in [-0.2, 0) is 0 Å². The molecule has 0 saturated heterocycles. The van der Waals surface area contributed by atoms with Crippen molar-refractivity contribution in [2.75, 3.05) is 0 Å². The van der Waals surface area contributed by atoms with E-state index in [0.717, 1.165) is 0 Å². The van der Waals surface area contributed by atoms with Crippen molar-refractivity contribution in [1.82, 2.24) is 0 Å². The Bertz CT molecular complexity index is 348. The fraction of sp³-hybridized carbons (Fsp3) is 0.667. The Morgan fingerprint density at radius 1 is 0.889 bits per heavy atom. The quantitative estimate of drug-likeness (QED) is 0.624. The van der Waals surface area contributed by atoms with Crippen molar-refractivity contribution in [3.63, 3.8) is 0 Å². The molecule has 0 heterocycles. The lowest BCUT2D eigenvalue weighted by molar-refractivity contribution is 0.192. The maximum Gasteiger partial charge on any atom is -0.00873 e. The zero-order chi connectivity index (χ0) is 14.0. The van der Waals surface area contributed by atoms with Gasteiger partial charge < -0.3 is 0 Å². The van der Waals surface area contributed by atoms with E-state index in [1.54, 1.807) is 0 Å². The summed E-state index contributed by atoms with van der Waals surface area (Å²) in [6.45, 7) is 16.5. The van der Waals surface area contributed by atoms with E-state index in [1.807, 2.05) is 0 Å². The second-order valence-electron chi connectivity index (χ2n) is 8.00. The molecule has 0 aromatic heterocycles. The van der Waals surface area contributed by atoms with Crippen molar-refractivity contribution in [2.45, 2.75) is 60.8 Å². The van der Waals surface area contributed by atoms with Gasteiger partial charge in [-0.05, 0) is 34.7 Å². The van der Waals surface area contributed by atoms with Crippen molar-refractivity contribution in [3.05, 3.63) is 35.9 Å². The van der Waals surface area contributed by atoms with Crippen molar-refractivity contribution >= 4 is 0 Å². The third-order valence-corrected chi connectivity index (χ3v) is 3.60. The highest BCUT2D eigenvalue weighted by Gasteiger charge is 2.32. The maximum atomic E-state index is 2.41. The Morgan fingerprint density at radius 2 is 1.39 bits per heavy atom. The average Bonchev–Trinajstić information content (AvgIpc) is 2.13. The largest absolute Gasteiger partial charge is 0.0622 e. The summed E-state index contributed by atoms with van der Waals surface area (Å²) < 4.78 is 0. The van der Waals surface area contributed by atoms with Crippen LogP contribution in [0.2, 0.25) is 0 Å². The SMILES string of the molecule is CC(CC(C)(C)C)C(c1ccccc1)C(C)(C)C. The molecule has 0 bridgehead atoms. The van der Waals surface area contributed by atoms with Crippen LogP contribution in [-0.4, -0.2) is 0 Å². The molecule has 1 aromatic carbocycles. The summed E-state index contributed by atoms with van der Waals surface area (Å²) in [6, 6.07) is 11.0. The van der Waals surface area contributed by atoms with Gasteiger partial charge in [-0.3, -0.25) is 0 Å². The van der Waals surface area contributed by atoms with Gasteiger partial charge in [-0.2, -0.15) is 0 Å². The van der Waals surface area contributed by atoms with Crippen LogP contribution in [0, 0.1) is 16.7 Å². The first kappa shape index (κ1) is 15.3. The average molecular weight is 246 g/mol. The van der Waals surface area contributed by atoms with Crippen LogP contribution >= 0.6 is 0 Å². The molecule has 1 aromatic rings. The Kier molecular flexibility index (Phi) is 4.64. The molecule has 0 saturated carbocycles. The second kappa shape index (κ2) is 5.47. The molecular weight excluding hydrogens is 216 g/mol. The number of rotatable bonds is 3. The Balaban J connectivity index is 3.01. The second-order valence-corrected chi connectivity index (χ2v) is 8.00. The molecule has 0 heteroatoms. The van der Waals surface area contributed by atoms with Gasteiger partial charge in [0.1, 0.15) is 0 Å². The normalized spacial score (nSPS) is 16.4. The van der Waals surface area contributed by atoms with Crippen LogP contribution in [0.4, 0.5) is 0 Å². The summed E-state index contributed by atoms with van der Waals surface area (Å²) in [5.41, 5.74) is 2.20. The molecule has 0 spiro atoms. The van der Waals surface area contributed by atoms with E-state index >= 15 is 0 Å². The molecule has 0 radical (unpaired) electrons. The van der Waals surface area contributed by atoms with Gasteiger partial charge in [-0.1, -0.05) is 78.8 Å². The predicted octanol–water partition coefficient (Wildman–Crippen LogP) is 5.89. The first-order valence-electron chi connectivity index (χ1n) is 7.16. The van der Waals surface area contributed by atoms with E-state index in [1.165, 1.54) is 12.0 Å². The van der Waals surface area contributed by atoms with Gasteiger partial charge in [0.05, 0.1) is 0 Å². The molecule has 0 aliphatic rings. The van der Waals surface area contributed by atoms with Crippen molar-refractivity contribution in [2.24, 2.45) is 16.7 Å². The minimum atomic E-state index is 0.312. The molecular formula is C18H30. The summed E-state index contributed by atoms with van der Waals surface area (Å²) in [6.07, 6.45) is 1.27. The van der Waals surface area contributed by atoms with E-state index in [9.17, 15) is 0 Å². The first-order valence-corrected chi connectivity index (χ1v) is 7.16. The summed E-state index contributed by atoms with van der Waals surface area (Å²) in [7, 11) is 0. The highest BCUT2D eigenvalue weighted by atomic mass is 14.4. The van der Waals surface area contributed by atoms with Crippen LogP contribution in [0.1, 0.15) is 66.4 Å². The Labute approximate surface area is 114 Å². The Hall–Kier alpha value is -0.780. The standard InChI is InChI=1S/C18H30/c1-14(13-17(2,3)4)16(18(5,6)7)15-11-9-8-10-12-15/h8-12,14,16H,13H2,1-7H3. The lowest BCUT2D eigenvalue weighted by Crippen LogP contribution is -2.27. The van der Waals surface area contributed by atoms with E-state index in [4.69, 9.17) is 0 Å². The third kappa shape index (κ3) is 4.48. The zero-order valence-corrected chi connectivity index (χ0v) is 13.2. The van der Waals surface area contributed by atoms with Gasteiger partial charge in [0, 0.05) is 0 Å². The zero-order valence-electron chi connectivity index (χ0n) is 13.2. The predicted molar refractivity (Wildman–Crippen MR) is 81.9 cm³/mol. The highest BCUT2D eigenvalue weighted by Crippen LogP contribution is 2.44. The topological polar surface area (TPSA) is 0 Å². The number of hydrogen-bond acceptors (Lipinski definition) is 0. The summed E-state index contributed by atoms with van der Waals surface area (Å²) in [5, 5.41) is 0. The fourth-order valence-electron chi connectivity index (χ4n) is 3.43. The minimum Gasteiger partial charge on any atom is -0.0622 e. The van der Waals surface area contributed by atoms with E-state index in [-0.39, 0.29) is 0 Å². The first-order chi connectivity index (χ1) is 8.11. The summed E-state index contributed by atoms with van der Waals surface area (Å²) in [5.74, 6) is 1.32. The van der Waals surface area contributed by atoms with Gasteiger partial charge >= 0.3 is 0 Å². The van der Waals surface area contributed by atoms with Crippen LogP contribution in [0.5, 0.6) is 0 Å². The number of hydrogen-bond donors (Lipinski definition) is 0. The smallest absolute Gasteiger partial charge is 0.00873 e. The van der Waals surface area contributed by atoms with Crippen LogP contribution < -0.4 is 0 Å². The summed E-state index contributed by atoms with van der Waals surface area (Å²) >= 11 is 0. The molecule has 18 heavy (non-hydrogen) atoms. The van der Waals surface area contributed by atoms with Crippen molar-refractivity contribution in [1.29, 1.82) is 0 Å². The van der Waals surface area contributed by atoms with Gasteiger partial charge in [-0.25, -0.2) is 0 Å². The molecule has 0 fully saturated rings. The minimum absolute atomic E-state index is 0.312. The van der Waals surface area contributed by atoms with Crippen LogP contribution in [0.3, 0.4) is 0 Å². The van der Waals surface area contributed by atoms with E-state index in [2.05, 4.69) is 78.8 Å². The van der Waals surface area contributed by atoms with Gasteiger partial charge in [0.25, 0.3) is 0 Å². The van der Waals surface area contributed by atoms with Crippen molar-refractivity contribution < 1.29 is 0 Å². The molecule has 1 rings (SSSR count). The lowest BCUT2D eigenvalue weighted by atomic mass is 9.66. The fourth-order valence-corrected chi connectivity index (χ4v) is 3.43. The lowest BCUT2D eigenvalue weighted by Gasteiger charge is -2.38. The van der Waals surface area contributed by atoms with Crippen molar-refractivity contribution in [3.8, 4) is 0 Å². The molecule has 0 aliphatic carbocycles. The van der Waals surface area contributed by atoms with Gasteiger partial charge in [0.15, 0.2) is 0 Å². The molecule has 2 unspecified atom stereocenters. The third-order valence-electron chi connectivity index (χ3n) is 3.60. The number of benzene rings is 1. The Morgan fingerprint density at radius 3 is 1.78 bits per heavy atom. The molecule has 0 amide bonds. The van der Waals surface area contributed by atoms with Gasteiger partial charge in [0.2, 0.25) is 0 Å². The molecule has 0 aliphatic heterocycles. The van der Waals surface area contributed by atoms with E-state index < -0.39 is 0 Å². The molecule has 2 atom stereocenters. The summed E-state index contributed by atoms with van der Waals surface area (Å²) in [4.78, 5) is 0. The van der Waals surface area contributed by atoms with Crippen LogP contribution in [0.15, 0.2) is 30.3 Å². The van der Waals surface area contributed by atoms with Gasteiger partial charge in [-0.15, -0.1) is 0 Å².